The Bertz CT molecular complexity index is 326. The highest BCUT2D eigenvalue weighted by molar-refractivity contribution is 6.30. The van der Waals surface area contributed by atoms with Gasteiger partial charge in [-0.2, -0.15) is 5.10 Å². The fourth-order valence-electron chi connectivity index (χ4n) is 2.22. The molecular weight excluding hydrogens is 198 g/mol. The van der Waals surface area contributed by atoms with E-state index in [-0.39, 0.29) is 0 Å². The Balaban J connectivity index is 2.29. The van der Waals surface area contributed by atoms with Crippen LogP contribution in [0.5, 0.6) is 0 Å². The van der Waals surface area contributed by atoms with Gasteiger partial charge in [-0.15, -0.1) is 0 Å². The Kier molecular flexibility index (Phi) is 2.79. The van der Waals surface area contributed by atoms with Crippen molar-refractivity contribution in [1.82, 2.24) is 15.1 Å². The molecule has 0 aromatic carbocycles. The molecule has 0 unspecified atom stereocenters. The number of rotatable bonds is 1. The standard InChI is InChI=1S/C10H16ClN3/c1-7-9(10(11)14(2)13-7)8-3-5-12-6-4-8/h8,12H,3-6H2,1-2H3. The lowest BCUT2D eigenvalue weighted by Gasteiger charge is -2.22. The number of hydrogen-bond acceptors (Lipinski definition) is 2. The monoisotopic (exact) mass is 213 g/mol. The Morgan fingerprint density at radius 3 is 2.57 bits per heavy atom. The highest BCUT2D eigenvalue weighted by Gasteiger charge is 2.22. The number of aromatic nitrogens is 2. The van der Waals surface area contributed by atoms with Crippen molar-refractivity contribution in [2.24, 2.45) is 7.05 Å². The van der Waals surface area contributed by atoms with Gasteiger partial charge in [-0.1, -0.05) is 11.6 Å². The van der Waals surface area contributed by atoms with Crippen molar-refractivity contribution < 1.29 is 0 Å². The summed E-state index contributed by atoms with van der Waals surface area (Å²) in [4.78, 5) is 0. The molecule has 1 aromatic rings. The second-order valence-electron chi connectivity index (χ2n) is 3.94. The Hall–Kier alpha value is -0.540. The second-order valence-corrected chi connectivity index (χ2v) is 4.30. The van der Waals surface area contributed by atoms with Crippen LogP contribution in [0, 0.1) is 6.92 Å². The minimum atomic E-state index is 0.595. The normalized spacial score (nSPS) is 18.8. The van der Waals surface area contributed by atoms with Crippen molar-refractivity contribution in [1.29, 1.82) is 0 Å². The average Bonchev–Trinajstić information content (AvgIpc) is 2.43. The van der Waals surface area contributed by atoms with Crippen LogP contribution in [-0.4, -0.2) is 22.9 Å². The van der Waals surface area contributed by atoms with Crippen LogP contribution in [0.3, 0.4) is 0 Å². The molecule has 0 radical (unpaired) electrons. The van der Waals surface area contributed by atoms with Gasteiger partial charge < -0.3 is 5.32 Å². The van der Waals surface area contributed by atoms with E-state index < -0.39 is 0 Å². The predicted octanol–water partition coefficient (Wildman–Crippen LogP) is 1.85. The highest BCUT2D eigenvalue weighted by atomic mass is 35.5. The number of nitrogens with one attached hydrogen (secondary N) is 1. The summed E-state index contributed by atoms with van der Waals surface area (Å²) >= 11 is 6.23. The van der Waals surface area contributed by atoms with Crippen molar-refractivity contribution in [2.45, 2.75) is 25.7 Å². The number of nitrogens with zero attached hydrogens (tertiary/aromatic N) is 2. The molecule has 1 aliphatic heterocycles. The second kappa shape index (κ2) is 3.91. The van der Waals surface area contributed by atoms with Crippen molar-refractivity contribution in [2.75, 3.05) is 13.1 Å². The van der Waals surface area contributed by atoms with Crippen molar-refractivity contribution >= 4 is 11.6 Å². The van der Waals surface area contributed by atoms with Crippen molar-refractivity contribution in [3.63, 3.8) is 0 Å². The molecule has 0 spiro atoms. The molecule has 1 N–H and O–H groups in total. The first-order valence-corrected chi connectivity index (χ1v) is 5.47. The van der Waals surface area contributed by atoms with E-state index in [1.807, 2.05) is 14.0 Å². The first-order valence-electron chi connectivity index (χ1n) is 5.10. The highest BCUT2D eigenvalue weighted by Crippen LogP contribution is 2.32. The van der Waals surface area contributed by atoms with Gasteiger partial charge in [0, 0.05) is 12.6 Å². The smallest absolute Gasteiger partial charge is 0.130 e. The lowest BCUT2D eigenvalue weighted by atomic mass is 9.91. The maximum Gasteiger partial charge on any atom is 0.130 e. The van der Waals surface area contributed by atoms with Crippen LogP contribution >= 0.6 is 11.6 Å². The molecule has 1 saturated heterocycles. The third-order valence-corrected chi connectivity index (χ3v) is 3.39. The summed E-state index contributed by atoms with van der Waals surface area (Å²) in [6.45, 7) is 4.23. The van der Waals surface area contributed by atoms with E-state index in [1.165, 1.54) is 18.4 Å². The van der Waals surface area contributed by atoms with Crippen LogP contribution in [0.2, 0.25) is 5.15 Å². The largest absolute Gasteiger partial charge is 0.317 e. The predicted molar refractivity (Wildman–Crippen MR) is 57.8 cm³/mol. The van der Waals surface area contributed by atoms with Crippen LogP contribution in [0.15, 0.2) is 0 Å². The number of piperidine rings is 1. The zero-order valence-electron chi connectivity index (χ0n) is 8.68. The van der Waals surface area contributed by atoms with Gasteiger partial charge in [-0.25, -0.2) is 0 Å². The van der Waals surface area contributed by atoms with E-state index in [4.69, 9.17) is 11.6 Å². The molecule has 0 saturated carbocycles. The maximum atomic E-state index is 6.23. The summed E-state index contributed by atoms with van der Waals surface area (Å²) < 4.78 is 1.77. The van der Waals surface area contributed by atoms with Crippen LogP contribution in [0.25, 0.3) is 0 Å². The summed E-state index contributed by atoms with van der Waals surface area (Å²) in [5.41, 5.74) is 2.35. The fraction of sp³-hybridized carbons (Fsp3) is 0.700. The quantitative estimate of drug-likeness (QED) is 0.772. The average molecular weight is 214 g/mol. The molecule has 1 fully saturated rings. The molecule has 0 atom stereocenters. The fourth-order valence-corrected chi connectivity index (χ4v) is 2.55. The SMILES string of the molecule is Cc1nn(C)c(Cl)c1C1CCNCC1. The number of aryl methyl sites for hydroxylation is 2. The first kappa shape index (κ1) is 9.99. The molecular formula is C10H16ClN3. The number of halogens is 1. The minimum Gasteiger partial charge on any atom is -0.317 e. The molecule has 0 aliphatic carbocycles. The topological polar surface area (TPSA) is 29.9 Å². The molecule has 0 bridgehead atoms. The molecule has 1 aliphatic rings. The lowest BCUT2D eigenvalue weighted by molar-refractivity contribution is 0.459. The van der Waals surface area contributed by atoms with Gasteiger partial charge in [-0.05, 0) is 38.8 Å². The molecule has 3 nitrogen and oxygen atoms in total. The Morgan fingerprint density at radius 1 is 1.43 bits per heavy atom. The van der Waals surface area contributed by atoms with E-state index >= 15 is 0 Å². The van der Waals surface area contributed by atoms with Crippen molar-refractivity contribution in [3.8, 4) is 0 Å². The van der Waals surface area contributed by atoms with Crippen molar-refractivity contribution in [3.05, 3.63) is 16.4 Å². The number of hydrogen-bond donors (Lipinski definition) is 1. The minimum absolute atomic E-state index is 0.595. The van der Waals surface area contributed by atoms with Gasteiger partial charge in [0.1, 0.15) is 5.15 Å². The molecule has 1 aromatic heterocycles. The third-order valence-electron chi connectivity index (χ3n) is 2.94. The molecule has 78 valence electrons. The van der Waals surface area contributed by atoms with E-state index in [0.717, 1.165) is 23.9 Å². The van der Waals surface area contributed by atoms with E-state index in [1.54, 1.807) is 4.68 Å². The van der Waals surface area contributed by atoms with Crippen LogP contribution in [-0.2, 0) is 7.05 Å². The van der Waals surface area contributed by atoms with Gasteiger partial charge in [0.25, 0.3) is 0 Å². The Morgan fingerprint density at radius 2 is 2.07 bits per heavy atom. The van der Waals surface area contributed by atoms with Gasteiger partial charge in [0.05, 0.1) is 5.69 Å². The first-order chi connectivity index (χ1) is 6.70. The van der Waals surface area contributed by atoms with Crippen LogP contribution < -0.4 is 5.32 Å². The summed E-state index contributed by atoms with van der Waals surface area (Å²) in [6, 6.07) is 0. The molecule has 2 heterocycles. The molecule has 14 heavy (non-hydrogen) atoms. The van der Waals surface area contributed by atoms with E-state index in [9.17, 15) is 0 Å². The summed E-state index contributed by atoms with van der Waals surface area (Å²) in [5.74, 6) is 0.595. The lowest BCUT2D eigenvalue weighted by Crippen LogP contribution is -2.26. The van der Waals surface area contributed by atoms with Gasteiger partial charge in [0.2, 0.25) is 0 Å². The van der Waals surface area contributed by atoms with Crippen LogP contribution in [0.4, 0.5) is 0 Å². The summed E-state index contributed by atoms with van der Waals surface area (Å²) in [7, 11) is 1.90. The zero-order chi connectivity index (χ0) is 10.1. The maximum absolute atomic E-state index is 6.23. The Labute approximate surface area is 89.4 Å². The van der Waals surface area contributed by atoms with E-state index in [2.05, 4.69) is 10.4 Å². The molecule has 2 rings (SSSR count). The van der Waals surface area contributed by atoms with Crippen LogP contribution in [0.1, 0.15) is 30.0 Å². The molecule has 0 amide bonds. The third kappa shape index (κ3) is 1.66. The van der Waals surface area contributed by atoms with E-state index in [0.29, 0.717) is 5.92 Å². The zero-order valence-corrected chi connectivity index (χ0v) is 9.43. The van der Waals surface area contributed by atoms with Gasteiger partial charge in [-0.3, -0.25) is 4.68 Å². The van der Waals surface area contributed by atoms with Gasteiger partial charge in [0.15, 0.2) is 0 Å². The van der Waals surface area contributed by atoms with Gasteiger partial charge >= 0.3 is 0 Å². The molecule has 4 heteroatoms. The summed E-state index contributed by atoms with van der Waals surface area (Å²) in [6.07, 6.45) is 2.35. The summed E-state index contributed by atoms with van der Waals surface area (Å²) in [5, 5.41) is 8.52.